The minimum atomic E-state index is 0.313. The first-order chi connectivity index (χ1) is 6.60. The van der Waals surface area contributed by atoms with Crippen molar-refractivity contribution in [2.45, 2.75) is 45.6 Å². The molecule has 2 heteroatoms. The van der Waals surface area contributed by atoms with Gasteiger partial charge in [0.15, 0.2) is 0 Å². The Kier molecular flexibility index (Phi) is 1.54. The van der Waals surface area contributed by atoms with Crippen LogP contribution in [0.2, 0.25) is 0 Å². The fourth-order valence-corrected chi connectivity index (χ4v) is 4.75. The molecule has 2 spiro atoms. The molecule has 14 heavy (non-hydrogen) atoms. The van der Waals surface area contributed by atoms with Crippen molar-refractivity contribution in [3.63, 3.8) is 0 Å². The minimum Gasteiger partial charge on any atom is -0.395 e. The van der Waals surface area contributed by atoms with Crippen molar-refractivity contribution in [2.75, 3.05) is 13.2 Å². The standard InChI is InChI=1S/C12H21NO/c1-10(2)11(4-3-5-11)12(10)6-9(7-14)13-8-12/h9,13-14H,3-8H2,1-2H3. The van der Waals surface area contributed by atoms with Crippen LogP contribution in [0, 0.1) is 16.2 Å². The van der Waals surface area contributed by atoms with Gasteiger partial charge in [-0.15, -0.1) is 0 Å². The number of nitrogens with one attached hydrogen (secondary N) is 1. The van der Waals surface area contributed by atoms with Crippen molar-refractivity contribution in [3.05, 3.63) is 0 Å². The predicted octanol–water partition coefficient (Wildman–Crippen LogP) is 1.54. The van der Waals surface area contributed by atoms with Crippen LogP contribution in [-0.4, -0.2) is 24.3 Å². The lowest BCUT2D eigenvalue weighted by Gasteiger charge is -2.31. The molecule has 2 saturated carbocycles. The van der Waals surface area contributed by atoms with Crippen LogP contribution in [0.4, 0.5) is 0 Å². The Morgan fingerprint density at radius 2 is 2.00 bits per heavy atom. The van der Waals surface area contributed by atoms with Gasteiger partial charge in [-0.2, -0.15) is 0 Å². The van der Waals surface area contributed by atoms with Gasteiger partial charge >= 0.3 is 0 Å². The van der Waals surface area contributed by atoms with Gasteiger partial charge in [0.25, 0.3) is 0 Å². The molecule has 0 radical (unpaired) electrons. The highest BCUT2D eigenvalue weighted by molar-refractivity contribution is 5.32. The van der Waals surface area contributed by atoms with E-state index in [4.69, 9.17) is 0 Å². The largest absolute Gasteiger partial charge is 0.395 e. The van der Waals surface area contributed by atoms with Gasteiger partial charge in [0.05, 0.1) is 6.61 Å². The Hall–Kier alpha value is -0.0800. The number of hydrogen-bond donors (Lipinski definition) is 2. The Morgan fingerprint density at radius 1 is 1.29 bits per heavy atom. The molecule has 1 aliphatic heterocycles. The Morgan fingerprint density at radius 3 is 2.36 bits per heavy atom. The molecule has 80 valence electrons. The molecule has 2 nitrogen and oxygen atoms in total. The monoisotopic (exact) mass is 195 g/mol. The zero-order valence-electron chi connectivity index (χ0n) is 9.27. The highest BCUT2D eigenvalue weighted by atomic mass is 16.3. The first-order valence-corrected chi connectivity index (χ1v) is 5.94. The lowest BCUT2D eigenvalue weighted by Crippen LogP contribution is -2.25. The molecule has 0 bridgehead atoms. The van der Waals surface area contributed by atoms with Crippen LogP contribution in [0.1, 0.15) is 39.5 Å². The van der Waals surface area contributed by atoms with Gasteiger partial charge in [-0.1, -0.05) is 20.3 Å². The van der Waals surface area contributed by atoms with E-state index in [1.807, 2.05) is 0 Å². The number of hydrogen-bond acceptors (Lipinski definition) is 2. The third-order valence-electron chi connectivity index (χ3n) is 5.96. The second-order valence-corrected chi connectivity index (χ2v) is 6.11. The third-order valence-corrected chi connectivity index (χ3v) is 5.96. The van der Waals surface area contributed by atoms with Crippen molar-refractivity contribution < 1.29 is 5.11 Å². The highest BCUT2D eigenvalue weighted by Crippen LogP contribution is 2.87. The first kappa shape index (κ1) is 9.17. The second-order valence-electron chi connectivity index (χ2n) is 6.11. The maximum absolute atomic E-state index is 9.19. The maximum atomic E-state index is 9.19. The Balaban J connectivity index is 1.86. The Labute approximate surface area is 86.1 Å². The summed E-state index contributed by atoms with van der Waals surface area (Å²) in [4.78, 5) is 0. The van der Waals surface area contributed by atoms with Crippen LogP contribution in [0.5, 0.6) is 0 Å². The van der Waals surface area contributed by atoms with Gasteiger partial charge in [-0.3, -0.25) is 0 Å². The molecule has 2 N–H and O–H groups in total. The van der Waals surface area contributed by atoms with Crippen LogP contribution < -0.4 is 5.32 Å². The fourth-order valence-electron chi connectivity index (χ4n) is 4.75. The molecule has 2 aliphatic carbocycles. The molecular weight excluding hydrogens is 174 g/mol. The molecular formula is C12H21NO. The number of fused-ring (bicyclic) bond motifs is 1. The molecule has 2 atom stereocenters. The van der Waals surface area contributed by atoms with Gasteiger partial charge in [-0.25, -0.2) is 0 Å². The summed E-state index contributed by atoms with van der Waals surface area (Å²) < 4.78 is 0. The smallest absolute Gasteiger partial charge is 0.0584 e. The van der Waals surface area contributed by atoms with Crippen LogP contribution in [0.25, 0.3) is 0 Å². The normalized spacial score (nSPS) is 46.9. The molecule has 0 aromatic rings. The molecule has 0 amide bonds. The fraction of sp³-hybridized carbons (Fsp3) is 1.00. The van der Waals surface area contributed by atoms with Crippen molar-refractivity contribution >= 4 is 0 Å². The summed E-state index contributed by atoms with van der Waals surface area (Å²) in [6.07, 6.45) is 5.49. The van der Waals surface area contributed by atoms with Crippen molar-refractivity contribution in [3.8, 4) is 0 Å². The molecule has 3 rings (SSSR count). The van der Waals surface area contributed by atoms with E-state index in [0.717, 1.165) is 6.54 Å². The molecule has 2 unspecified atom stereocenters. The number of aliphatic hydroxyl groups excluding tert-OH is 1. The molecule has 0 aromatic carbocycles. The van der Waals surface area contributed by atoms with Gasteiger partial charge in [0.1, 0.15) is 0 Å². The summed E-state index contributed by atoms with van der Waals surface area (Å²) in [6.45, 7) is 6.33. The van der Waals surface area contributed by atoms with E-state index in [-0.39, 0.29) is 0 Å². The summed E-state index contributed by atoms with van der Waals surface area (Å²) in [7, 11) is 0. The third kappa shape index (κ3) is 0.674. The summed E-state index contributed by atoms with van der Waals surface area (Å²) >= 11 is 0. The van der Waals surface area contributed by atoms with E-state index >= 15 is 0 Å². The lowest BCUT2D eigenvalue weighted by atomic mass is 9.73. The van der Waals surface area contributed by atoms with E-state index in [2.05, 4.69) is 19.2 Å². The van der Waals surface area contributed by atoms with Crippen LogP contribution in [0.15, 0.2) is 0 Å². The summed E-state index contributed by atoms with van der Waals surface area (Å²) in [5.41, 5.74) is 1.71. The highest BCUT2D eigenvalue weighted by Gasteiger charge is 2.83. The lowest BCUT2D eigenvalue weighted by molar-refractivity contribution is 0.189. The van der Waals surface area contributed by atoms with Crippen LogP contribution in [0.3, 0.4) is 0 Å². The van der Waals surface area contributed by atoms with Crippen molar-refractivity contribution in [1.82, 2.24) is 5.32 Å². The average molecular weight is 195 g/mol. The predicted molar refractivity (Wildman–Crippen MR) is 56.0 cm³/mol. The topological polar surface area (TPSA) is 32.3 Å². The summed E-state index contributed by atoms with van der Waals surface area (Å²) in [5.74, 6) is 0. The maximum Gasteiger partial charge on any atom is 0.0584 e. The van der Waals surface area contributed by atoms with E-state index in [1.54, 1.807) is 0 Å². The van der Waals surface area contributed by atoms with E-state index < -0.39 is 0 Å². The Bertz CT molecular complexity index is 269. The summed E-state index contributed by atoms with van der Waals surface area (Å²) in [5, 5.41) is 12.7. The summed E-state index contributed by atoms with van der Waals surface area (Å²) in [6, 6.07) is 0.370. The first-order valence-electron chi connectivity index (χ1n) is 5.94. The van der Waals surface area contributed by atoms with E-state index in [1.165, 1.54) is 25.7 Å². The van der Waals surface area contributed by atoms with Crippen LogP contribution >= 0.6 is 0 Å². The second kappa shape index (κ2) is 2.35. The van der Waals surface area contributed by atoms with E-state index in [9.17, 15) is 5.11 Å². The van der Waals surface area contributed by atoms with E-state index in [0.29, 0.717) is 28.9 Å². The minimum absolute atomic E-state index is 0.313. The molecule has 1 saturated heterocycles. The van der Waals surface area contributed by atoms with Gasteiger partial charge < -0.3 is 10.4 Å². The van der Waals surface area contributed by atoms with Gasteiger partial charge in [-0.05, 0) is 35.5 Å². The molecule has 3 aliphatic rings. The van der Waals surface area contributed by atoms with Crippen LogP contribution in [-0.2, 0) is 0 Å². The number of rotatable bonds is 1. The zero-order valence-corrected chi connectivity index (χ0v) is 9.27. The van der Waals surface area contributed by atoms with Crippen molar-refractivity contribution in [1.29, 1.82) is 0 Å². The quantitative estimate of drug-likeness (QED) is 0.665. The SMILES string of the molecule is CC1(C)C2(CCC2)C12CNC(CO)C2. The molecule has 3 fully saturated rings. The molecule has 1 heterocycles. The van der Waals surface area contributed by atoms with Gasteiger partial charge in [0.2, 0.25) is 0 Å². The molecule has 0 aromatic heterocycles. The average Bonchev–Trinajstić information content (AvgIpc) is 2.44. The van der Waals surface area contributed by atoms with Crippen molar-refractivity contribution in [2.24, 2.45) is 16.2 Å². The zero-order chi connectivity index (χ0) is 10.0. The number of aliphatic hydroxyl groups is 1. The van der Waals surface area contributed by atoms with Gasteiger partial charge in [0, 0.05) is 12.6 Å².